The lowest BCUT2D eigenvalue weighted by Crippen LogP contribution is -2.24. The van der Waals surface area contributed by atoms with Crippen LogP contribution in [-0.2, 0) is 24.4 Å². The standard InChI is InChI=1S/C22H18ClF2N3O2/c1-12-6-19(30-11-14-3-4-16(24)9-17(14)25)21(23)22(26)28(12)10-13-2-5-18-15(7-13)8-20(29)27-18/h2-7,9,26H,8,10-11H2,1H3,(H,27,29). The van der Waals surface area contributed by atoms with Crippen molar-refractivity contribution >= 4 is 23.2 Å². The van der Waals surface area contributed by atoms with Crippen LogP contribution >= 0.6 is 11.6 Å². The van der Waals surface area contributed by atoms with E-state index < -0.39 is 11.6 Å². The van der Waals surface area contributed by atoms with Crippen LogP contribution in [0, 0.1) is 24.0 Å². The highest BCUT2D eigenvalue weighted by Crippen LogP contribution is 2.26. The molecule has 0 unspecified atom stereocenters. The number of aromatic nitrogens is 1. The van der Waals surface area contributed by atoms with E-state index in [2.05, 4.69) is 5.32 Å². The monoisotopic (exact) mass is 429 g/mol. The highest BCUT2D eigenvalue weighted by molar-refractivity contribution is 6.31. The summed E-state index contributed by atoms with van der Waals surface area (Å²) >= 11 is 6.34. The molecule has 30 heavy (non-hydrogen) atoms. The Hall–Kier alpha value is -3.19. The van der Waals surface area contributed by atoms with E-state index in [1.54, 1.807) is 10.6 Å². The first-order valence-electron chi connectivity index (χ1n) is 9.24. The second-order valence-electron chi connectivity index (χ2n) is 7.14. The van der Waals surface area contributed by atoms with Gasteiger partial charge in [0.1, 0.15) is 34.5 Å². The minimum absolute atomic E-state index is 0.0331. The number of ether oxygens (including phenoxy) is 1. The van der Waals surface area contributed by atoms with Gasteiger partial charge in [0.2, 0.25) is 5.91 Å². The maximum Gasteiger partial charge on any atom is 0.228 e. The molecule has 1 amide bonds. The quantitative estimate of drug-likeness (QED) is 0.634. The van der Waals surface area contributed by atoms with Gasteiger partial charge in [-0.2, -0.15) is 0 Å². The summed E-state index contributed by atoms with van der Waals surface area (Å²) < 4.78 is 34.2. The van der Waals surface area contributed by atoms with Gasteiger partial charge in [0.25, 0.3) is 0 Å². The Morgan fingerprint density at radius 2 is 2.00 bits per heavy atom. The van der Waals surface area contributed by atoms with Crippen molar-refractivity contribution in [3.8, 4) is 5.75 Å². The minimum atomic E-state index is -0.704. The number of rotatable bonds is 5. The number of carbonyl (C=O) groups is 1. The smallest absolute Gasteiger partial charge is 0.228 e. The number of aryl methyl sites for hydroxylation is 1. The van der Waals surface area contributed by atoms with Crippen molar-refractivity contribution in [2.24, 2.45) is 0 Å². The van der Waals surface area contributed by atoms with Crippen LogP contribution in [-0.4, -0.2) is 10.5 Å². The molecule has 0 fully saturated rings. The lowest BCUT2D eigenvalue weighted by Gasteiger charge is -2.16. The van der Waals surface area contributed by atoms with Gasteiger partial charge in [-0.25, -0.2) is 8.78 Å². The van der Waals surface area contributed by atoms with Gasteiger partial charge in [-0.3, -0.25) is 10.2 Å². The van der Waals surface area contributed by atoms with Gasteiger partial charge < -0.3 is 14.6 Å². The zero-order chi connectivity index (χ0) is 21.4. The maximum atomic E-state index is 13.8. The second kappa shape index (κ2) is 7.91. The molecule has 1 aliphatic rings. The van der Waals surface area contributed by atoms with Crippen LogP contribution in [0.3, 0.4) is 0 Å². The molecule has 154 valence electrons. The summed E-state index contributed by atoms with van der Waals surface area (Å²) in [6, 6.07) is 10.6. The van der Waals surface area contributed by atoms with Crippen LogP contribution in [0.4, 0.5) is 14.5 Å². The Balaban J connectivity index is 1.56. The third kappa shape index (κ3) is 3.93. The Labute approximate surface area is 176 Å². The van der Waals surface area contributed by atoms with Crippen molar-refractivity contribution < 1.29 is 18.3 Å². The highest BCUT2D eigenvalue weighted by atomic mass is 35.5. The zero-order valence-corrected chi connectivity index (χ0v) is 16.8. The van der Waals surface area contributed by atoms with E-state index in [-0.39, 0.29) is 34.3 Å². The van der Waals surface area contributed by atoms with Gasteiger partial charge in [0, 0.05) is 35.6 Å². The minimum Gasteiger partial charge on any atom is -0.487 e. The number of pyridine rings is 1. The zero-order valence-electron chi connectivity index (χ0n) is 16.1. The Bertz CT molecular complexity index is 1220. The lowest BCUT2D eigenvalue weighted by molar-refractivity contribution is -0.115. The number of hydrogen-bond acceptors (Lipinski definition) is 3. The topological polar surface area (TPSA) is 67.1 Å². The Morgan fingerprint density at radius 3 is 2.77 bits per heavy atom. The number of nitrogens with zero attached hydrogens (tertiary/aromatic N) is 1. The molecule has 0 radical (unpaired) electrons. The summed E-state index contributed by atoms with van der Waals surface area (Å²) in [7, 11) is 0. The molecular weight excluding hydrogens is 412 g/mol. The van der Waals surface area contributed by atoms with E-state index >= 15 is 0 Å². The van der Waals surface area contributed by atoms with E-state index in [1.807, 2.05) is 25.1 Å². The molecule has 2 N–H and O–H groups in total. The SMILES string of the molecule is Cc1cc(OCc2ccc(F)cc2F)c(Cl)c(=N)n1Cc1ccc2c(c1)CC(=O)N2. The van der Waals surface area contributed by atoms with Crippen LogP contribution in [0.25, 0.3) is 0 Å². The van der Waals surface area contributed by atoms with Gasteiger partial charge in [0.15, 0.2) is 0 Å². The Kier molecular flexibility index (Phi) is 5.30. The molecule has 0 spiro atoms. The first-order valence-corrected chi connectivity index (χ1v) is 9.62. The van der Waals surface area contributed by atoms with Crippen molar-refractivity contribution in [1.29, 1.82) is 5.41 Å². The predicted octanol–water partition coefficient (Wildman–Crippen LogP) is 4.33. The third-order valence-corrected chi connectivity index (χ3v) is 5.36. The summed E-state index contributed by atoms with van der Waals surface area (Å²) in [5.74, 6) is -1.15. The summed E-state index contributed by atoms with van der Waals surface area (Å²) in [5, 5.41) is 11.3. The fourth-order valence-electron chi connectivity index (χ4n) is 3.41. The van der Waals surface area contributed by atoms with Gasteiger partial charge >= 0.3 is 0 Å². The van der Waals surface area contributed by atoms with Crippen LogP contribution in [0.5, 0.6) is 5.75 Å². The molecule has 8 heteroatoms. The van der Waals surface area contributed by atoms with Crippen molar-refractivity contribution in [2.75, 3.05) is 5.32 Å². The van der Waals surface area contributed by atoms with Gasteiger partial charge in [0.05, 0.1) is 6.42 Å². The molecule has 5 nitrogen and oxygen atoms in total. The largest absolute Gasteiger partial charge is 0.487 e. The number of hydrogen-bond donors (Lipinski definition) is 2. The van der Waals surface area contributed by atoms with Gasteiger partial charge in [-0.05, 0) is 36.2 Å². The average Bonchev–Trinajstić information content (AvgIpc) is 3.07. The predicted molar refractivity (Wildman–Crippen MR) is 109 cm³/mol. The maximum absolute atomic E-state index is 13.8. The molecule has 2 aromatic carbocycles. The second-order valence-corrected chi connectivity index (χ2v) is 7.52. The molecule has 3 aromatic rings. The molecule has 0 aliphatic carbocycles. The normalized spacial score (nSPS) is 12.6. The molecule has 0 atom stereocenters. The van der Waals surface area contributed by atoms with Crippen LogP contribution in [0.15, 0.2) is 42.5 Å². The number of carbonyl (C=O) groups excluding carboxylic acids is 1. The third-order valence-electron chi connectivity index (χ3n) is 4.99. The first kappa shape index (κ1) is 20.1. The molecule has 0 bridgehead atoms. The summed E-state index contributed by atoms with van der Waals surface area (Å²) in [4.78, 5) is 11.5. The van der Waals surface area contributed by atoms with E-state index in [1.165, 1.54) is 6.07 Å². The first-order chi connectivity index (χ1) is 14.3. The summed E-state index contributed by atoms with van der Waals surface area (Å²) in [5.41, 5.74) is 3.65. The van der Waals surface area contributed by atoms with Crippen molar-refractivity contribution in [3.05, 3.63) is 87.0 Å². The fourth-order valence-corrected chi connectivity index (χ4v) is 3.62. The molecule has 1 aromatic heterocycles. The van der Waals surface area contributed by atoms with Crippen molar-refractivity contribution in [3.63, 3.8) is 0 Å². The molecule has 0 saturated carbocycles. The van der Waals surface area contributed by atoms with E-state index in [9.17, 15) is 13.6 Å². The number of halogens is 3. The molecule has 0 saturated heterocycles. The molecular formula is C22H18ClF2N3O2. The number of nitrogens with one attached hydrogen (secondary N) is 2. The van der Waals surface area contributed by atoms with Crippen LogP contribution in [0.2, 0.25) is 5.02 Å². The molecule has 2 heterocycles. The molecule has 1 aliphatic heterocycles. The molecule has 4 rings (SSSR count). The average molecular weight is 430 g/mol. The van der Waals surface area contributed by atoms with Gasteiger partial charge in [-0.15, -0.1) is 0 Å². The fraction of sp³-hybridized carbons (Fsp3) is 0.182. The van der Waals surface area contributed by atoms with E-state index in [4.69, 9.17) is 21.7 Å². The van der Waals surface area contributed by atoms with Gasteiger partial charge in [-0.1, -0.05) is 23.7 Å². The van der Waals surface area contributed by atoms with Crippen molar-refractivity contribution in [2.45, 2.75) is 26.5 Å². The van der Waals surface area contributed by atoms with Crippen LogP contribution < -0.4 is 15.5 Å². The van der Waals surface area contributed by atoms with Crippen molar-refractivity contribution in [1.82, 2.24) is 4.57 Å². The summed E-state index contributed by atoms with van der Waals surface area (Å²) in [6.45, 7) is 2.08. The van der Waals surface area contributed by atoms with E-state index in [0.717, 1.165) is 34.6 Å². The Morgan fingerprint density at radius 1 is 1.20 bits per heavy atom. The lowest BCUT2D eigenvalue weighted by atomic mass is 10.1. The highest BCUT2D eigenvalue weighted by Gasteiger charge is 2.18. The van der Waals surface area contributed by atoms with E-state index in [0.29, 0.717) is 13.0 Å². The number of anilines is 1. The number of benzene rings is 2. The number of fused-ring (bicyclic) bond motifs is 1. The number of amides is 1. The summed E-state index contributed by atoms with van der Waals surface area (Å²) in [6.07, 6.45) is 0.341. The van der Waals surface area contributed by atoms with Crippen LogP contribution in [0.1, 0.15) is 22.4 Å².